The summed E-state index contributed by atoms with van der Waals surface area (Å²) < 4.78 is 0. The molecule has 2 saturated heterocycles. The maximum absolute atomic E-state index is 11.9. The monoisotopic (exact) mass is 347 g/mol. The average Bonchev–Trinajstić information content (AvgIpc) is 2.94. The maximum atomic E-state index is 11.9. The zero-order valence-corrected chi connectivity index (χ0v) is 13.5. The van der Waals surface area contributed by atoms with Crippen molar-refractivity contribution in [3.05, 3.63) is 42.9 Å². The Hall–Kier alpha value is -3.62. The Morgan fingerprint density at radius 2 is 1.85 bits per heavy atom. The Morgan fingerprint density at radius 1 is 1.00 bits per heavy atom. The average molecular weight is 347 g/mol. The van der Waals surface area contributed by atoms with Gasteiger partial charge in [-0.3, -0.25) is 15.1 Å². The first-order chi connectivity index (χ1) is 12.6. The summed E-state index contributed by atoms with van der Waals surface area (Å²) in [5.41, 5.74) is 1.39. The lowest BCUT2D eigenvalue weighted by atomic mass is 9.90. The lowest BCUT2D eigenvalue weighted by Gasteiger charge is -2.45. The van der Waals surface area contributed by atoms with E-state index in [1.165, 1.54) is 0 Å². The summed E-state index contributed by atoms with van der Waals surface area (Å²) >= 11 is 0. The Labute approximate surface area is 147 Å². The number of pyridine rings is 2. The molecule has 3 aromatic heterocycles. The van der Waals surface area contributed by atoms with Gasteiger partial charge in [0.05, 0.1) is 30.0 Å². The summed E-state index contributed by atoms with van der Waals surface area (Å²) in [5.74, 6) is 0.193. The van der Waals surface area contributed by atoms with Gasteiger partial charge in [0.2, 0.25) is 5.95 Å². The van der Waals surface area contributed by atoms with E-state index in [2.05, 4.69) is 30.6 Å². The molecule has 2 aliphatic rings. The van der Waals surface area contributed by atoms with Gasteiger partial charge >= 0.3 is 6.03 Å². The molecule has 0 aromatic carbocycles. The summed E-state index contributed by atoms with van der Waals surface area (Å²) in [6, 6.07) is 7.01. The summed E-state index contributed by atoms with van der Waals surface area (Å²) in [7, 11) is 0. The van der Waals surface area contributed by atoms with Crippen LogP contribution in [0.4, 0.5) is 10.7 Å². The van der Waals surface area contributed by atoms with Gasteiger partial charge in [-0.05, 0) is 24.3 Å². The molecule has 3 aromatic rings. The highest BCUT2D eigenvalue weighted by Gasteiger charge is 2.55. The van der Waals surface area contributed by atoms with Crippen LogP contribution in [0.3, 0.4) is 0 Å². The van der Waals surface area contributed by atoms with E-state index in [-0.39, 0.29) is 5.91 Å². The van der Waals surface area contributed by atoms with Crippen molar-refractivity contribution in [1.29, 1.82) is 0 Å². The highest BCUT2D eigenvalue weighted by Crippen LogP contribution is 2.28. The van der Waals surface area contributed by atoms with Gasteiger partial charge in [0.25, 0.3) is 5.91 Å². The van der Waals surface area contributed by atoms with Gasteiger partial charge in [-0.25, -0.2) is 19.7 Å². The van der Waals surface area contributed by atoms with Crippen LogP contribution in [-0.2, 0) is 4.79 Å². The van der Waals surface area contributed by atoms with Gasteiger partial charge < -0.3 is 10.2 Å². The molecule has 2 aliphatic heterocycles. The zero-order chi connectivity index (χ0) is 17.7. The smallest absolute Gasteiger partial charge is 0.322 e. The third-order valence-electron chi connectivity index (χ3n) is 4.61. The van der Waals surface area contributed by atoms with Gasteiger partial charge in [0.15, 0.2) is 5.54 Å². The molecule has 5 heterocycles. The number of nitrogens with zero attached hydrogens (tertiary/aromatic N) is 5. The zero-order valence-electron chi connectivity index (χ0n) is 13.5. The van der Waals surface area contributed by atoms with Crippen molar-refractivity contribution in [2.24, 2.45) is 0 Å². The number of urea groups is 1. The largest absolute Gasteiger partial charge is 0.335 e. The molecule has 9 nitrogen and oxygen atoms in total. The Balaban J connectivity index is 1.43. The topological polar surface area (TPSA) is 113 Å². The van der Waals surface area contributed by atoms with Crippen LogP contribution in [0.15, 0.2) is 42.9 Å². The fraction of sp³-hybridized carbons (Fsp3) is 0.176. The highest BCUT2D eigenvalue weighted by molar-refractivity contribution is 6.08. The summed E-state index contributed by atoms with van der Waals surface area (Å²) in [6.07, 6.45) is 5.12. The number of imide groups is 1. The third kappa shape index (κ3) is 2.17. The molecule has 0 unspecified atom stereocenters. The number of carbonyl (C=O) groups is 2. The van der Waals surface area contributed by atoms with Gasteiger partial charge in [0, 0.05) is 24.0 Å². The van der Waals surface area contributed by atoms with E-state index in [9.17, 15) is 9.59 Å². The summed E-state index contributed by atoms with van der Waals surface area (Å²) in [5, 5.41) is 5.89. The molecule has 1 spiro atoms. The first-order valence-electron chi connectivity index (χ1n) is 8.06. The van der Waals surface area contributed by atoms with E-state index >= 15 is 0 Å². The van der Waals surface area contributed by atoms with Gasteiger partial charge in [-0.15, -0.1) is 0 Å². The number of anilines is 1. The van der Waals surface area contributed by atoms with Gasteiger partial charge in [-0.2, -0.15) is 0 Å². The van der Waals surface area contributed by atoms with Crippen molar-refractivity contribution in [3.8, 4) is 11.4 Å². The minimum atomic E-state index is -0.870. The molecule has 0 atom stereocenters. The van der Waals surface area contributed by atoms with Crippen LogP contribution >= 0.6 is 0 Å². The first-order valence-corrected chi connectivity index (χ1v) is 8.06. The van der Waals surface area contributed by atoms with Crippen molar-refractivity contribution in [2.45, 2.75) is 5.54 Å². The second-order valence-electron chi connectivity index (χ2n) is 6.35. The van der Waals surface area contributed by atoms with Crippen LogP contribution in [-0.4, -0.2) is 50.5 Å². The number of rotatable bonds is 2. The molecular formula is C17H13N7O2. The maximum Gasteiger partial charge on any atom is 0.322 e. The molecule has 0 bridgehead atoms. The van der Waals surface area contributed by atoms with E-state index in [1.54, 1.807) is 24.7 Å². The summed E-state index contributed by atoms with van der Waals surface area (Å²) in [4.78, 5) is 42.6. The molecule has 3 amide bonds. The Bertz CT molecular complexity index is 1060. The molecule has 5 rings (SSSR count). The molecule has 9 heteroatoms. The second-order valence-corrected chi connectivity index (χ2v) is 6.35. The molecular weight excluding hydrogens is 334 g/mol. The summed E-state index contributed by atoms with van der Waals surface area (Å²) in [6.45, 7) is 0.676. The molecule has 2 fully saturated rings. The fourth-order valence-electron chi connectivity index (χ4n) is 3.25. The SMILES string of the molecule is O=C1NC(=O)C2(CN(c3nccc(-c4ccc5cnccc5n4)n3)C2)N1. The highest BCUT2D eigenvalue weighted by atomic mass is 16.2. The predicted octanol–water partition coefficient (Wildman–Crippen LogP) is 0.485. The van der Waals surface area contributed by atoms with E-state index in [0.717, 1.165) is 16.6 Å². The number of carbonyl (C=O) groups excluding carboxylic acids is 2. The Morgan fingerprint density at radius 3 is 2.65 bits per heavy atom. The number of nitrogens with one attached hydrogen (secondary N) is 2. The van der Waals surface area contributed by atoms with Crippen LogP contribution in [0, 0.1) is 0 Å². The van der Waals surface area contributed by atoms with Crippen molar-refractivity contribution in [2.75, 3.05) is 18.0 Å². The lowest BCUT2D eigenvalue weighted by molar-refractivity contribution is -0.124. The fourth-order valence-corrected chi connectivity index (χ4v) is 3.25. The van der Waals surface area contributed by atoms with Gasteiger partial charge in [0.1, 0.15) is 0 Å². The molecule has 0 aliphatic carbocycles. The van der Waals surface area contributed by atoms with Crippen LogP contribution in [0.5, 0.6) is 0 Å². The van der Waals surface area contributed by atoms with E-state index < -0.39 is 11.6 Å². The number of hydrogen-bond donors (Lipinski definition) is 2. The van der Waals surface area contributed by atoms with Crippen molar-refractivity contribution in [1.82, 2.24) is 30.6 Å². The van der Waals surface area contributed by atoms with Gasteiger partial charge in [-0.1, -0.05) is 0 Å². The third-order valence-corrected chi connectivity index (χ3v) is 4.61. The minimum absolute atomic E-state index is 0.306. The number of amides is 3. The first kappa shape index (κ1) is 14.7. The van der Waals surface area contributed by atoms with Crippen LogP contribution in [0.1, 0.15) is 0 Å². The van der Waals surface area contributed by atoms with E-state index in [4.69, 9.17) is 0 Å². The van der Waals surface area contributed by atoms with Crippen LogP contribution < -0.4 is 15.5 Å². The molecule has 2 N–H and O–H groups in total. The number of aromatic nitrogens is 4. The van der Waals surface area contributed by atoms with E-state index in [1.807, 2.05) is 23.1 Å². The molecule has 128 valence electrons. The van der Waals surface area contributed by atoms with Crippen LogP contribution in [0.2, 0.25) is 0 Å². The van der Waals surface area contributed by atoms with Crippen molar-refractivity contribution in [3.63, 3.8) is 0 Å². The van der Waals surface area contributed by atoms with Crippen LogP contribution in [0.25, 0.3) is 22.3 Å². The molecule has 0 radical (unpaired) electrons. The quantitative estimate of drug-likeness (QED) is 0.648. The van der Waals surface area contributed by atoms with Crippen molar-refractivity contribution < 1.29 is 9.59 Å². The lowest BCUT2D eigenvalue weighted by Crippen LogP contribution is -2.71. The standard InChI is InChI=1S/C17H13N7O2/c25-14-17(23-16(26)22-14)8-24(9-17)15-19-6-4-13(21-15)12-2-1-10-7-18-5-3-11(10)20-12/h1-7H,8-9H2,(H2,22,23,25,26). The second kappa shape index (κ2) is 5.19. The number of hydrogen-bond acceptors (Lipinski definition) is 7. The Kier molecular flexibility index (Phi) is 2.93. The minimum Gasteiger partial charge on any atom is -0.335 e. The van der Waals surface area contributed by atoms with E-state index in [0.29, 0.717) is 24.7 Å². The number of fused-ring (bicyclic) bond motifs is 1. The van der Waals surface area contributed by atoms with Crippen molar-refractivity contribution >= 4 is 28.8 Å². The molecule has 0 saturated carbocycles. The molecule has 26 heavy (non-hydrogen) atoms. The predicted molar refractivity (Wildman–Crippen MR) is 92.2 cm³/mol. The normalized spacial score (nSPS) is 17.9.